The Morgan fingerprint density at radius 3 is 2.03 bits per heavy atom. The lowest BCUT2D eigenvalue weighted by Gasteiger charge is -2.09. The second-order valence-electron chi connectivity index (χ2n) is 5.77. The number of halogens is 1. The van der Waals surface area contributed by atoms with Gasteiger partial charge in [0.15, 0.2) is 0 Å². The number of hydrogen-bond acceptors (Lipinski definition) is 5. The summed E-state index contributed by atoms with van der Waals surface area (Å²) in [6, 6.07) is 18.3. The number of carbonyl (C=O) groups is 2. The predicted molar refractivity (Wildman–Crippen MR) is 106 cm³/mol. The average molecular weight is 412 g/mol. The fourth-order valence-electron chi connectivity index (χ4n) is 2.37. The van der Waals surface area contributed by atoms with E-state index < -0.39 is 16.7 Å². The number of nitro benzene ring substituents is 1. The van der Waals surface area contributed by atoms with Gasteiger partial charge in [-0.15, -0.1) is 0 Å². The second-order valence-corrected chi connectivity index (χ2v) is 6.21. The fourth-order valence-corrected chi connectivity index (χ4v) is 2.53. The first-order chi connectivity index (χ1) is 13.9. The zero-order chi connectivity index (χ0) is 20.8. The van der Waals surface area contributed by atoms with Crippen LogP contribution in [-0.2, 0) is 0 Å². The monoisotopic (exact) mass is 411 g/mol. The molecule has 0 saturated carbocycles. The van der Waals surface area contributed by atoms with Gasteiger partial charge in [-0.25, -0.2) is 0 Å². The van der Waals surface area contributed by atoms with Gasteiger partial charge in [-0.05, 0) is 48.5 Å². The third kappa shape index (κ3) is 5.08. The van der Waals surface area contributed by atoms with Crippen molar-refractivity contribution < 1.29 is 19.2 Å². The molecule has 0 aliphatic heterocycles. The van der Waals surface area contributed by atoms with Crippen LogP contribution in [0.1, 0.15) is 20.7 Å². The summed E-state index contributed by atoms with van der Waals surface area (Å²) in [4.78, 5) is 34.6. The van der Waals surface area contributed by atoms with E-state index in [2.05, 4.69) is 10.9 Å². The van der Waals surface area contributed by atoms with Gasteiger partial charge in [-0.1, -0.05) is 29.8 Å². The first-order valence-electron chi connectivity index (χ1n) is 8.31. The van der Waals surface area contributed by atoms with E-state index in [0.717, 1.165) is 0 Å². The van der Waals surface area contributed by atoms with Gasteiger partial charge in [-0.3, -0.25) is 30.6 Å². The van der Waals surface area contributed by atoms with Crippen molar-refractivity contribution in [3.05, 3.63) is 99.1 Å². The van der Waals surface area contributed by atoms with Crippen LogP contribution in [0.2, 0.25) is 5.02 Å². The molecule has 0 spiro atoms. The number of ether oxygens (including phenoxy) is 1. The van der Waals surface area contributed by atoms with E-state index >= 15 is 0 Å². The van der Waals surface area contributed by atoms with E-state index in [4.69, 9.17) is 16.3 Å². The number of amides is 2. The van der Waals surface area contributed by atoms with Crippen LogP contribution < -0.4 is 15.6 Å². The largest absolute Gasteiger partial charge is 0.450 e. The minimum absolute atomic E-state index is 0.0201. The lowest BCUT2D eigenvalue weighted by atomic mass is 10.2. The van der Waals surface area contributed by atoms with E-state index in [0.29, 0.717) is 11.3 Å². The molecule has 0 radical (unpaired) electrons. The standard InChI is InChI=1S/C20H14ClN3O5/c21-15-8-11-18(17(12-15)24(27)28)29-16-9-6-14(7-10-16)20(26)23-22-19(25)13-4-2-1-3-5-13/h1-12H,(H,22,25)(H,23,26). The zero-order valence-corrected chi connectivity index (χ0v) is 15.6. The first kappa shape index (κ1) is 19.8. The molecule has 3 aromatic rings. The predicted octanol–water partition coefficient (Wildman–Crippen LogP) is 4.12. The van der Waals surface area contributed by atoms with Crippen molar-refractivity contribution in [1.29, 1.82) is 0 Å². The average Bonchev–Trinajstić information content (AvgIpc) is 2.74. The Kier molecular flexibility index (Phi) is 6.06. The molecule has 9 heteroatoms. The summed E-state index contributed by atoms with van der Waals surface area (Å²) in [6.45, 7) is 0. The maximum absolute atomic E-state index is 12.2. The molecule has 0 saturated heterocycles. The Labute approximate surface area is 170 Å². The van der Waals surface area contributed by atoms with Gasteiger partial charge in [0.25, 0.3) is 11.8 Å². The summed E-state index contributed by atoms with van der Waals surface area (Å²) < 4.78 is 5.51. The van der Waals surface area contributed by atoms with E-state index in [-0.39, 0.29) is 22.0 Å². The topological polar surface area (TPSA) is 111 Å². The van der Waals surface area contributed by atoms with Crippen molar-refractivity contribution in [3.63, 3.8) is 0 Å². The smallest absolute Gasteiger partial charge is 0.313 e. The van der Waals surface area contributed by atoms with Crippen LogP contribution in [-0.4, -0.2) is 16.7 Å². The Hall–Kier alpha value is -3.91. The summed E-state index contributed by atoms with van der Waals surface area (Å²) >= 11 is 5.78. The van der Waals surface area contributed by atoms with Gasteiger partial charge in [0.2, 0.25) is 5.75 Å². The van der Waals surface area contributed by atoms with Gasteiger partial charge in [0, 0.05) is 22.2 Å². The molecule has 0 aliphatic carbocycles. The van der Waals surface area contributed by atoms with Crippen molar-refractivity contribution in [2.75, 3.05) is 0 Å². The minimum atomic E-state index is -0.599. The van der Waals surface area contributed by atoms with E-state index in [1.807, 2.05) is 0 Å². The van der Waals surface area contributed by atoms with Crippen LogP contribution in [0.15, 0.2) is 72.8 Å². The highest BCUT2D eigenvalue weighted by molar-refractivity contribution is 6.30. The number of carbonyl (C=O) groups excluding carboxylic acids is 2. The van der Waals surface area contributed by atoms with Crippen LogP contribution >= 0.6 is 11.6 Å². The summed E-state index contributed by atoms with van der Waals surface area (Å²) in [5, 5.41) is 11.3. The number of benzene rings is 3. The normalized spacial score (nSPS) is 10.1. The number of nitrogens with zero attached hydrogens (tertiary/aromatic N) is 1. The van der Waals surface area contributed by atoms with Crippen LogP contribution in [0.25, 0.3) is 0 Å². The van der Waals surface area contributed by atoms with Gasteiger partial charge in [0.1, 0.15) is 5.75 Å². The van der Waals surface area contributed by atoms with E-state index in [1.165, 1.54) is 42.5 Å². The third-order valence-corrected chi connectivity index (χ3v) is 4.02. The molecule has 0 heterocycles. The maximum Gasteiger partial charge on any atom is 0.313 e. The van der Waals surface area contributed by atoms with Crippen molar-refractivity contribution in [1.82, 2.24) is 10.9 Å². The van der Waals surface area contributed by atoms with Crippen LogP contribution in [0, 0.1) is 10.1 Å². The summed E-state index contributed by atoms with van der Waals surface area (Å²) in [5.41, 5.74) is 5.02. The molecule has 2 amide bonds. The molecule has 3 rings (SSSR count). The van der Waals surface area contributed by atoms with Gasteiger partial charge in [-0.2, -0.15) is 0 Å². The Balaban J connectivity index is 1.64. The molecule has 146 valence electrons. The lowest BCUT2D eigenvalue weighted by Crippen LogP contribution is -2.41. The molecule has 0 bridgehead atoms. The number of hydrogen-bond donors (Lipinski definition) is 2. The fraction of sp³-hybridized carbons (Fsp3) is 0. The number of rotatable bonds is 5. The molecule has 3 aromatic carbocycles. The maximum atomic E-state index is 12.2. The SMILES string of the molecule is O=C(NNC(=O)c1ccc(Oc2ccc(Cl)cc2[N+](=O)[O-])cc1)c1ccccc1. The van der Waals surface area contributed by atoms with Crippen molar-refractivity contribution in [2.24, 2.45) is 0 Å². The van der Waals surface area contributed by atoms with E-state index in [1.54, 1.807) is 30.3 Å². The van der Waals surface area contributed by atoms with Crippen LogP contribution in [0.4, 0.5) is 5.69 Å². The van der Waals surface area contributed by atoms with Gasteiger partial charge < -0.3 is 4.74 Å². The third-order valence-electron chi connectivity index (χ3n) is 3.79. The van der Waals surface area contributed by atoms with Crippen molar-refractivity contribution >= 4 is 29.1 Å². The zero-order valence-electron chi connectivity index (χ0n) is 14.8. The quantitative estimate of drug-likeness (QED) is 0.484. The number of nitrogens with one attached hydrogen (secondary N) is 2. The summed E-state index contributed by atoms with van der Waals surface area (Å²) in [7, 11) is 0. The molecule has 0 unspecified atom stereocenters. The Morgan fingerprint density at radius 2 is 1.45 bits per heavy atom. The Bertz CT molecular complexity index is 1060. The highest BCUT2D eigenvalue weighted by Gasteiger charge is 2.17. The van der Waals surface area contributed by atoms with Crippen LogP contribution in [0.5, 0.6) is 11.5 Å². The molecular formula is C20H14ClN3O5. The molecule has 0 aliphatic rings. The summed E-state index contributed by atoms with van der Waals surface area (Å²) in [5.74, 6) is -0.667. The first-order valence-corrected chi connectivity index (χ1v) is 8.69. The Morgan fingerprint density at radius 1 is 0.862 bits per heavy atom. The van der Waals surface area contributed by atoms with Gasteiger partial charge >= 0.3 is 5.69 Å². The molecule has 0 fully saturated rings. The molecule has 29 heavy (non-hydrogen) atoms. The molecule has 2 N–H and O–H groups in total. The highest BCUT2D eigenvalue weighted by Crippen LogP contribution is 2.33. The minimum Gasteiger partial charge on any atom is -0.450 e. The van der Waals surface area contributed by atoms with E-state index in [9.17, 15) is 19.7 Å². The molecule has 0 atom stereocenters. The lowest BCUT2D eigenvalue weighted by molar-refractivity contribution is -0.385. The second kappa shape index (κ2) is 8.85. The summed E-state index contributed by atoms with van der Waals surface area (Å²) in [6.07, 6.45) is 0. The number of nitro groups is 1. The van der Waals surface area contributed by atoms with Crippen molar-refractivity contribution in [2.45, 2.75) is 0 Å². The molecule has 0 aromatic heterocycles. The molecular weight excluding hydrogens is 398 g/mol. The van der Waals surface area contributed by atoms with Crippen LogP contribution in [0.3, 0.4) is 0 Å². The van der Waals surface area contributed by atoms with Gasteiger partial charge in [0.05, 0.1) is 4.92 Å². The van der Waals surface area contributed by atoms with Crippen molar-refractivity contribution in [3.8, 4) is 11.5 Å². The molecule has 8 nitrogen and oxygen atoms in total. The highest BCUT2D eigenvalue weighted by atomic mass is 35.5. The number of hydrazine groups is 1.